The molecule has 27 heavy (non-hydrogen) atoms. The zero-order valence-electron chi connectivity index (χ0n) is 15.4. The van der Waals surface area contributed by atoms with Gasteiger partial charge < -0.3 is 9.47 Å². The summed E-state index contributed by atoms with van der Waals surface area (Å²) in [5, 5.41) is 0. The molecule has 7 nitrogen and oxygen atoms in total. The number of carbonyl (C=O) groups excluding carboxylic acids is 1. The zero-order valence-corrected chi connectivity index (χ0v) is 16.2. The molecule has 0 radical (unpaired) electrons. The van der Waals surface area contributed by atoms with Crippen molar-refractivity contribution in [1.82, 2.24) is 4.72 Å². The Balaban J connectivity index is 1.65. The van der Waals surface area contributed by atoms with Crippen LogP contribution in [0.1, 0.15) is 11.1 Å². The maximum absolute atomic E-state index is 12.5. The number of carbonyl (C=O) groups is 1. The van der Waals surface area contributed by atoms with Gasteiger partial charge in [0.25, 0.3) is 0 Å². The van der Waals surface area contributed by atoms with Crippen LogP contribution in [-0.4, -0.2) is 40.8 Å². The van der Waals surface area contributed by atoms with E-state index in [0.717, 1.165) is 16.8 Å². The fraction of sp³-hybridized carbons (Fsp3) is 0.316. The van der Waals surface area contributed by atoms with Gasteiger partial charge in [-0.1, -0.05) is 17.7 Å². The maximum atomic E-state index is 12.5. The van der Waals surface area contributed by atoms with E-state index >= 15 is 0 Å². The van der Waals surface area contributed by atoms with Gasteiger partial charge in [0.2, 0.25) is 10.0 Å². The van der Waals surface area contributed by atoms with E-state index in [0.29, 0.717) is 5.75 Å². The highest BCUT2D eigenvalue weighted by atomic mass is 32.2. The highest BCUT2D eigenvalue weighted by molar-refractivity contribution is 7.89. The van der Waals surface area contributed by atoms with Crippen LogP contribution in [0, 0.1) is 13.8 Å². The number of benzene rings is 2. The molecule has 1 unspecified atom stereocenters. The van der Waals surface area contributed by atoms with Crippen molar-refractivity contribution in [3.05, 3.63) is 53.6 Å². The van der Waals surface area contributed by atoms with Gasteiger partial charge in [0.05, 0.1) is 18.6 Å². The standard InChI is InChI=1S/C19H22N2O5S/c1-13-4-6-15(7-5-13)21-12-16(26-19(21)22)11-20-27(23,24)17-8-9-18(25-3)14(2)10-17/h4-10,16,20H,11-12H2,1-3H3. The molecular weight excluding hydrogens is 368 g/mol. The molecule has 3 rings (SSSR count). The number of nitrogens with zero attached hydrogens (tertiary/aromatic N) is 1. The minimum atomic E-state index is -3.72. The molecule has 2 aromatic carbocycles. The normalized spacial score (nSPS) is 17.1. The lowest BCUT2D eigenvalue weighted by Crippen LogP contribution is -2.34. The minimum absolute atomic E-state index is 0.00150. The SMILES string of the molecule is COc1ccc(S(=O)(=O)NCC2CN(c3ccc(C)cc3)C(=O)O2)cc1C. The number of sulfonamides is 1. The molecule has 0 bridgehead atoms. The first-order valence-electron chi connectivity index (χ1n) is 8.49. The Morgan fingerprint density at radius 2 is 1.89 bits per heavy atom. The van der Waals surface area contributed by atoms with E-state index in [9.17, 15) is 13.2 Å². The van der Waals surface area contributed by atoms with E-state index in [1.807, 2.05) is 31.2 Å². The summed E-state index contributed by atoms with van der Waals surface area (Å²) in [6.45, 7) is 4.02. The van der Waals surface area contributed by atoms with E-state index < -0.39 is 22.2 Å². The fourth-order valence-electron chi connectivity index (χ4n) is 2.87. The molecule has 144 valence electrons. The molecule has 1 aliphatic heterocycles. The highest BCUT2D eigenvalue weighted by Crippen LogP contribution is 2.23. The topological polar surface area (TPSA) is 84.9 Å². The number of nitrogens with one attached hydrogen (secondary N) is 1. The summed E-state index contributed by atoms with van der Waals surface area (Å²) >= 11 is 0. The Bertz CT molecular complexity index is 941. The molecule has 0 aromatic heterocycles. The second-order valence-corrected chi connectivity index (χ2v) is 8.20. The number of ether oxygens (including phenoxy) is 2. The Labute approximate surface area is 158 Å². The third-order valence-electron chi connectivity index (χ3n) is 4.40. The van der Waals surface area contributed by atoms with Crippen molar-refractivity contribution < 1.29 is 22.7 Å². The summed E-state index contributed by atoms with van der Waals surface area (Å²) in [5.41, 5.74) is 2.53. The van der Waals surface area contributed by atoms with E-state index in [1.54, 1.807) is 19.1 Å². The number of aryl methyl sites for hydroxylation is 2. The van der Waals surface area contributed by atoms with E-state index in [2.05, 4.69) is 4.72 Å². The van der Waals surface area contributed by atoms with Crippen LogP contribution < -0.4 is 14.4 Å². The van der Waals surface area contributed by atoms with Crippen molar-refractivity contribution in [3.63, 3.8) is 0 Å². The summed E-state index contributed by atoms with van der Waals surface area (Å²) in [6, 6.07) is 12.1. The third-order valence-corrected chi connectivity index (χ3v) is 5.82. The maximum Gasteiger partial charge on any atom is 0.414 e. The molecule has 2 aromatic rings. The molecule has 8 heteroatoms. The molecule has 1 fully saturated rings. The smallest absolute Gasteiger partial charge is 0.414 e. The van der Waals surface area contributed by atoms with Crippen LogP contribution in [0.4, 0.5) is 10.5 Å². The Morgan fingerprint density at radius 3 is 2.52 bits per heavy atom. The molecule has 0 aliphatic carbocycles. The Kier molecular flexibility index (Phi) is 5.38. The predicted molar refractivity (Wildman–Crippen MR) is 102 cm³/mol. The lowest BCUT2D eigenvalue weighted by atomic mass is 10.2. The quantitative estimate of drug-likeness (QED) is 0.820. The van der Waals surface area contributed by atoms with Crippen LogP contribution >= 0.6 is 0 Å². The van der Waals surface area contributed by atoms with Crippen molar-refractivity contribution in [1.29, 1.82) is 0 Å². The minimum Gasteiger partial charge on any atom is -0.496 e. The van der Waals surface area contributed by atoms with E-state index in [-0.39, 0.29) is 18.0 Å². The van der Waals surface area contributed by atoms with Gasteiger partial charge in [-0.2, -0.15) is 0 Å². The first kappa shape index (κ1) is 19.2. The lowest BCUT2D eigenvalue weighted by molar-refractivity contribution is 0.143. The number of methoxy groups -OCH3 is 1. The Hall–Kier alpha value is -2.58. The monoisotopic (exact) mass is 390 g/mol. The van der Waals surface area contributed by atoms with Gasteiger partial charge in [0.1, 0.15) is 11.9 Å². The number of amides is 1. The molecular formula is C19H22N2O5S. The second kappa shape index (κ2) is 7.58. The number of rotatable bonds is 6. The number of cyclic esters (lactones) is 1. The average Bonchev–Trinajstić information content (AvgIpc) is 3.01. The second-order valence-electron chi connectivity index (χ2n) is 6.44. The van der Waals surface area contributed by atoms with Crippen LogP contribution in [0.3, 0.4) is 0 Å². The summed E-state index contributed by atoms with van der Waals surface area (Å²) < 4.78 is 38.0. The van der Waals surface area contributed by atoms with Crippen molar-refractivity contribution in [3.8, 4) is 5.75 Å². The van der Waals surface area contributed by atoms with Crippen molar-refractivity contribution in [2.45, 2.75) is 24.8 Å². The van der Waals surface area contributed by atoms with Crippen LogP contribution in [0.25, 0.3) is 0 Å². The fourth-order valence-corrected chi connectivity index (χ4v) is 4.02. The van der Waals surface area contributed by atoms with Crippen LogP contribution in [0.15, 0.2) is 47.4 Å². The van der Waals surface area contributed by atoms with Gasteiger partial charge in [-0.05, 0) is 49.7 Å². The molecule has 1 saturated heterocycles. The van der Waals surface area contributed by atoms with Gasteiger partial charge >= 0.3 is 6.09 Å². The summed E-state index contributed by atoms with van der Waals surface area (Å²) in [7, 11) is -2.19. The van der Waals surface area contributed by atoms with Crippen molar-refractivity contribution in [2.75, 3.05) is 25.1 Å². The summed E-state index contributed by atoms with van der Waals surface area (Å²) in [6.07, 6.45) is -1.05. The zero-order chi connectivity index (χ0) is 19.6. The third kappa shape index (κ3) is 4.23. The Morgan fingerprint density at radius 1 is 1.19 bits per heavy atom. The molecule has 1 aliphatic rings. The summed E-state index contributed by atoms with van der Waals surface area (Å²) in [5.74, 6) is 0.618. The molecule has 1 amide bonds. The molecule has 0 spiro atoms. The van der Waals surface area contributed by atoms with Crippen LogP contribution in [-0.2, 0) is 14.8 Å². The first-order valence-corrected chi connectivity index (χ1v) is 9.97. The molecule has 1 N–H and O–H groups in total. The van der Waals surface area contributed by atoms with Crippen molar-refractivity contribution >= 4 is 21.8 Å². The van der Waals surface area contributed by atoms with Gasteiger partial charge in [-0.3, -0.25) is 4.90 Å². The summed E-state index contributed by atoms with van der Waals surface area (Å²) in [4.78, 5) is 13.7. The van der Waals surface area contributed by atoms with Crippen molar-refractivity contribution in [2.24, 2.45) is 0 Å². The highest BCUT2D eigenvalue weighted by Gasteiger charge is 2.33. The van der Waals surface area contributed by atoms with Gasteiger partial charge in [-0.15, -0.1) is 0 Å². The van der Waals surface area contributed by atoms with Crippen LogP contribution in [0.2, 0.25) is 0 Å². The van der Waals surface area contributed by atoms with Crippen LogP contribution in [0.5, 0.6) is 5.75 Å². The van der Waals surface area contributed by atoms with E-state index in [4.69, 9.17) is 9.47 Å². The molecule has 1 heterocycles. The van der Waals surface area contributed by atoms with Gasteiger partial charge in [0, 0.05) is 12.2 Å². The largest absolute Gasteiger partial charge is 0.496 e. The van der Waals surface area contributed by atoms with Gasteiger partial charge in [0.15, 0.2) is 0 Å². The van der Waals surface area contributed by atoms with E-state index in [1.165, 1.54) is 18.1 Å². The molecule has 1 atom stereocenters. The first-order chi connectivity index (χ1) is 12.8. The number of hydrogen-bond acceptors (Lipinski definition) is 5. The number of hydrogen-bond donors (Lipinski definition) is 1. The molecule has 0 saturated carbocycles. The average molecular weight is 390 g/mol. The van der Waals surface area contributed by atoms with Gasteiger partial charge in [-0.25, -0.2) is 17.9 Å². The lowest BCUT2D eigenvalue weighted by Gasteiger charge is -2.14. The predicted octanol–water partition coefficient (Wildman–Crippen LogP) is 2.62. The number of anilines is 1.